The first-order valence-corrected chi connectivity index (χ1v) is 6.24. The van der Waals surface area contributed by atoms with Crippen LogP contribution >= 0.6 is 0 Å². The number of unbranched alkanes of at least 4 members (excludes halogenated alkanes) is 4. The fraction of sp³-hybridized carbons (Fsp3) is 0.600. The zero-order chi connectivity index (χ0) is 14.9. The summed E-state index contributed by atoms with van der Waals surface area (Å²) in [7, 11) is 1.39. The van der Waals surface area contributed by atoms with Gasteiger partial charge in [-0.2, -0.15) is 0 Å². The van der Waals surface area contributed by atoms with E-state index in [1.54, 1.807) is 0 Å². The number of carboxylic acids is 1. The molecule has 1 N–H and O–H groups in total. The first-order chi connectivity index (χ1) is 9.08. The lowest BCUT2D eigenvalue weighted by molar-refractivity contribution is -0.140. The Hall–Kier alpha value is -1.94. The van der Waals surface area contributed by atoms with E-state index >= 15 is 0 Å². The van der Waals surface area contributed by atoms with Crippen molar-refractivity contribution in [2.75, 3.05) is 7.11 Å². The highest BCUT2D eigenvalue weighted by Crippen LogP contribution is 1.99. The lowest BCUT2D eigenvalue weighted by Crippen LogP contribution is -1.98. The minimum atomic E-state index is -0.743. The molecule has 4 nitrogen and oxygen atoms in total. The molecule has 106 valence electrons. The van der Waals surface area contributed by atoms with Gasteiger partial charge in [-0.1, -0.05) is 0 Å². The molecule has 0 aliphatic carbocycles. The van der Waals surface area contributed by atoms with Crippen LogP contribution in [-0.4, -0.2) is 24.2 Å². The predicted molar refractivity (Wildman–Crippen MR) is 74.3 cm³/mol. The number of esters is 1. The Morgan fingerprint density at radius 1 is 1.00 bits per heavy atom. The number of ether oxygens (including phenoxy) is 1. The first-order valence-electron chi connectivity index (χ1n) is 6.24. The summed E-state index contributed by atoms with van der Waals surface area (Å²) in [5, 5.41) is 8.16. The number of aliphatic carboxylic acids is 1. The second-order valence-corrected chi connectivity index (χ2v) is 3.79. The van der Waals surface area contributed by atoms with Crippen LogP contribution in [0, 0.1) is 24.7 Å². The van der Waals surface area contributed by atoms with Gasteiger partial charge in [0, 0.05) is 25.7 Å². The minimum absolute atomic E-state index is 0.156. The summed E-state index contributed by atoms with van der Waals surface area (Å²) in [4.78, 5) is 20.4. The van der Waals surface area contributed by atoms with Crippen molar-refractivity contribution < 1.29 is 19.4 Å². The van der Waals surface area contributed by atoms with Crippen molar-refractivity contribution in [1.29, 1.82) is 0 Å². The van der Waals surface area contributed by atoms with Crippen LogP contribution in [0.25, 0.3) is 0 Å². The number of carboxylic acid groups (broad SMARTS) is 1. The third-order valence-corrected chi connectivity index (χ3v) is 2.14. The van der Waals surface area contributed by atoms with Crippen molar-refractivity contribution in [2.24, 2.45) is 0 Å². The van der Waals surface area contributed by atoms with Gasteiger partial charge in [0.2, 0.25) is 0 Å². The molecule has 0 radical (unpaired) electrons. The normalized spacial score (nSPS) is 8.37. The van der Waals surface area contributed by atoms with Gasteiger partial charge < -0.3 is 9.84 Å². The highest BCUT2D eigenvalue weighted by molar-refractivity contribution is 5.69. The predicted octanol–water partition coefficient (Wildman–Crippen LogP) is 2.62. The zero-order valence-corrected chi connectivity index (χ0v) is 11.5. The number of rotatable bonds is 8. The molecule has 0 bridgehead atoms. The summed E-state index contributed by atoms with van der Waals surface area (Å²) in [6, 6.07) is 0. The van der Waals surface area contributed by atoms with Crippen molar-refractivity contribution in [3.05, 3.63) is 0 Å². The van der Waals surface area contributed by atoms with Crippen LogP contribution in [0.1, 0.15) is 51.4 Å². The molecule has 0 aliphatic rings. The Bertz CT molecular complexity index is 320. The minimum Gasteiger partial charge on any atom is -0.481 e. The Balaban J connectivity index is 0. The van der Waals surface area contributed by atoms with Crippen LogP contribution < -0.4 is 0 Å². The summed E-state index contributed by atoms with van der Waals surface area (Å²) in [6.45, 7) is 0. The Labute approximate surface area is 115 Å². The van der Waals surface area contributed by atoms with Crippen LogP contribution in [0.4, 0.5) is 0 Å². The van der Waals surface area contributed by atoms with E-state index in [9.17, 15) is 9.59 Å². The highest BCUT2D eigenvalue weighted by atomic mass is 16.5. The molecular formula is C15H22O4. The standard InChI is InChI=1S/C8H12O2.C7H10O2/c1-3-4-5-6-7-8(9)10-2;1-2-3-4-5-6-7(8)9/h1H,4-7H2,2H3;1H,3-6H2,(H,8,9). The molecule has 0 fully saturated rings. The first kappa shape index (κ1) is 19.4. The number of carbonyl (C=O) groups excluding carboxylic acids is 1. The van der Waals surface area contributed by atoms with Crippen LogP contribution in [0.15, 0.2) is 0 Å². The molecule has 0 heterocycles. The molecule has 0 rings (SSSR count). The number of methoxy groups -OCH3 is 1. The van der Waals surface area contributed by atoms with E-state index in [1.807, 2.05) is 0 Å². The number of hydrogen-bond donors (Lipinski definition) is 1. The maximum atomic E-state index is 10.5. The van der Waals surface area contributed by atoms with E-state index in [0.717, 1.165) is 25.7 Å². The molecule has 0 aromatic heterocycles. The largest absolute Gasteiger partial charge is 0.481 e. The number of carbonyl (C=O) groups is 2. The zero-order valence-electron chi connectivity index (χ0n) is 11.5. The summed E-state index contributed by atoms with van der Waals surface area (Å²) in [5.74, 6) is 4.06. The lowest BCUT2D eigenvalue weighted by atomic mass is 10.2. The Morgan fingerprint density at radius 2 is 1.47 bits per heavy atom. The van der Waals surface area contributed by atoms with Gasteiger partial charge in [-0.3, -0.25) is 9.59 Å². The smallest absolute Gasteiger partial charge is 0.305 e. The molecule has 19 heavy (non-hydrogen) atoms. The molecular weight excluding hydrogens is 244 g/mol. The third kappa shape index (κ3) is 21.8. The van der Waals surface area contributed by atoms with Crippen LogP contribution in [-0.2, 0) is 14.3 Å². The van der Waals surface area contributed by atoms with Crippen molar-refractivity contribution >= 4 is 11.9 Å². The topological polar surface area (TPSA) is 63.6 Å². The summed E-state index contributed by atoms with van der Waals surface area (Å²) in [6.07, 6.45) is 15.4. The van der Waals surface area contributed by atoms with E-state index in [2.05, 4.69) is 16.6 Å². The van der Waals surface area contributed by atoms with Crippen LogP contribution in [0.5, 0.6) is 0 Å². The second kappa shape index (κ2) is 16.1. The summed E-state index contributed by atoms with van der Waals surface area (Å²) < 4.78 is 4.44. The van der Waals surface area contributed by atoms with Gasteiger partial charge in [-0.05, 0) is 25.7 Å². The van der Waals surface area contributed by atoms with E-state index in [-0.39, 0.29) is 12.4 Å². The molecule has 0 spiro atoms. The van der Waals surface area contributed by atoms with Crippen LogP contribution in [0.3, 0.4) is 0 Å². The lowest BCUT2D eigenvalue weighted by Gasteiger charge is -1.95. The highest BCUT2D eigenvalue weighted by Gasteiger charge is 1.97. The van der Waals surface area contributed by atoms with Gasteiger partial charge in [-0.25, -0.2) is 0 Å². The van der Waals surface area contributed by atoms with E-state index < -0.39 is 5.97 Å². The van der Waals surface area contributed by atoms with Gasteiger partial charge in [-0.15, -0.1) is 24.7 Å². The number of hydrogen-bond acceptors (Lipinski definition) is 3. The average molecular weight is 266 g/mol. The molecule has 0 unspecified atom stereocenters. The molecule has 0 aliphatic heterocycles. The fourth-order valence-electron chi connectivity index (χ4n) is 1.10. The third-order valence-electron chi connectivity index (χ3n) is 2.14. The van der Waals surface area contributed by atoms with Crippen molar-refractivity contribution in [1.82, 2.24) is 0 Å². The van der Waals surface area contributed by atoms with E-state index in [4.69, 9.17) is 18.0 Å². The molecule has 0 saturated heterocycles. The van der Waals surface area contributed by atoms with Crippen LogP contribution in [0.2, 0.25) is 0 Å². The maximum Gasteiger partial charge on any atom is 0.305 e. The number of terminal acetylenes is 2. The van der Waals surface area contributed by atoms with Crippen molar-refractivity contribution in [3.8, 4) is 24.7 Å². The molecule has 0 amide bonds. The quantitative estimate of drug-likeness (QED) is 0.417. The molecule has 0 aromatic rings. The van der Waals surface area contributed by atoms with Gasteiger partial charge >= 0.3 is 11.9 Å². The van der Waals surface area contributed by atoms with E-state index in [0.29, 0.717) is 19.3 Å². The Kier molecular flexibility index (Phi) is 16.4. The fourth-order valence-corrected chi connectivity index (χ4v) is 1.10. The van der Waals surface area contributed by atoms with E-state index in [1.165, 1.54) is 7.11 Å². The van der Waals surface area contributed by atoms with Crippen molar-refractivity contribution in [3.63, 3.8) is 0 Å². The van der Waals surface area contributed by atoms with Gasteiger partial charge in [0.1, 0.15) is 0 Å². The Morgan fingerprint density at radius 3 is 1.84 bits per heavy atom. The second-order valence-electron chi connectivity index (χ2n) is 3.79. The molecule has 0 saturated carbocycles. The summed E-state index contributed by atoms with van der Waals surface area (Å²) >= 11 is 0. The molecule has 0 aromatic carbocycles. The monoisotopic (exact) mass is 266 g/mol. The van der Waals surface area contributed by atoms with Gasteiger partial charge in [0.25, 0.3) is 0 Å². The average Bonchev–Trinajstić information content (AvgIpc) is 2.40. The molecule has 4 heteroatoms. The van der Waals surface area contributed by atoms with Gasteiger partial charge in [0.15, 0.2) is 0 Å². The van der Waals surface area contributed by atoms with Gasteiger partial charge in [0.05, 0.1) is 7.11 Å². The maximum absolute atomic E-state index is 10.5. The molecule has 0 atom stereocenters. The SMILES string of the molecule is C#CCCCCC(=O)O.C#CCCCCC(=O)OC. The van der Waals surface area contributed by atoms with Crippen molar-refractivity contribution in [2.45, 2.75) is 51.4 Å². The summed E-state index contributed by atoms with van der Waals surface area (Å²) in [5.41, 5.74) is 0.